The van der Waals surface area contributed by atoms with E-state index in [1.807, 2.05) is 0 Å². The molecular formula is C9H12O. The number of carbonyl (C=O) groups is 1. The Morgan fingerprint density at radius 2 is 2.50 bits per heavy atom. The highest BCUT2D eigenvalue weighted by molar-refractivity contribution is 5.85. The van der Waals surface area contributed by atoms with Crippen molar-refractivity contribution in [1.29, 1.82) is 0 Å². The van der Waals surface area contributed by atoms with Gasteiger partial charge in [-0.25, -0.2) is 0 Å². The number of ketones is 1. The lowest BCUT2D eigenvalue weighted by molar-refractivity contribution is -0.126. The maximum atomic E-state index is 11.2. The van der Waals surface area contributed by atoms with Crippen molar-refractivity contribution < 1.29 is 4.79 Å². The van der Waals surface area contributed by atoms with Gasteiger partial charge < -0.3 is 0 Å². The zero-order chi connectivity index (χ0) is 7.19. The summed E-state index contributed by atoms with van der Waals surface area (Å²) in [5.74, 6) is 0.734. The van der Waals surface area contributed by atoms with Crippen molar-refractivity contribution in [2.45, 2.75) is 26.2 Å². The molecule has 54 valence electrons. The third kappa shape index (κ3) is 0.731. The lowest BCUT2D eigenvalue weighted by Crippen LogP contribution is -2.34. The molecule has 0 saturated heterocycles. The van der Waals surface area contributed by atoms with Crippen molar-refractivity contribution in [3.8, 4) is 0 Å². The smallest absolute Gasteiger partial charge is 0.140 e. The van der Waals surface area contributed by atoms with Crippen molar-refractivity contribution in [1.82, 2.24) is 0 Å². The van der Waals surface area contributed by atoms with Gasteiger partial charge in [0.2, 0.25) is 0 Å². The number of rotatable bonds is 0. The van der Waals surface area contributed by atoms with Crippen LogP contribution in [-0.2, 0) is 4.79 Å². The Kier molecular flexibility index (Phi) is 1.05. The first kappa shape index (κ1) is 6.14. The molecule has 0 spiro atoms. The highest BCUT2D eigenvalue weighted by Crippen LogP contribution is 2.42. The molecule has 0 N–H and O–H groups in total. The molecule has 0 aromatic rings. The number of carbonyl (C=O) groups excluding carboxylic acids is 1. The van der Waals surface area contributed by atoms with E-state index in [9.17, 15) is 4.79 Å². The molecule has 0 amide bonds. The summed E-state index contributed by atoms with van der Waals surface area (Å²) in [5.41, 5.74) is 0.228. The van der Waals surface area contributed by atoms with Gasteiger partial charge in [-0.2, -0.15) is 0 Å². The van der Waals surface area contributed by atoms with Crippen molar-refractivity contribution in [2.24, 2.45) is 11.3 Å². The van der Waals surface area contributed by atoms with Crippen LogP contribution in [0.3, 0.4) is 0 Å². The van der Waals surface area contributed by atoms with Crippen LogP contribution in [0.1, 0.15) is 26.2 Å². The second kappa shape index (κ2) is 1.71. The average Bonchev–Trinajstić information content (AvgIpc) is 1.87. The van der Waals surface area contributed by atoms with E-state index in [0.29, 0.717) is 5.78 Å². The van der Waals surface area contributed by atoms with E-state index in [2.05, 4.69) is 19.1 Å². The minimum atomic E-state index is 0.228. The molecule has 0 aromatic heterocycles. The molecule has 1 saturated carbocycles. The maximum Gasteiger partial charge on any atom is 0.140 e. The summed E-state index contributed by atoms with van der Waals surface area (Å²) in [6, 6.07) is 0. The van der Waals surface area contributed by atoms with Crippen LogP contribution in [0.25, 0.3) is 0 Å². The van der Waals surface area contributed by atoms with E-state index in [4.69, 9.17) is 0 Å². The summed E-state index contributed by atoms with van der Waals surface area (Å²) < 4.78 is 0. The van der Waals surface area contributed by atoms with Crippen LogP contribution in [0.4, 0.5) is 0 Å². The average molecular weight is 136 g/mol. The van der Waals surface area contributed by atoms with Gasteiger partial charge >= 0.3 is 0 Å². The van der Waals surface area contributed by atoms with E-state index in [1.54, 1.807) is 0 Å². The summed E-state index contributed by atoms with van der Waals surface area (Å²) in [5, 5.41) is 0. The highest BCUT2D eigenvalue weighted by atomic mass is 16.1. The third-order valence-electron chi connectivity index (χ3n) is 2.75. The highest BCUT2D eigenvalue weighted by Gasteiger charge is 2.37. The molecule has 3 rings (SSSR count). The molecule has 2 atom stereocenters. The Morgan fingerprint density at radius 1 is 1.70 bits per heavy atom. The molecule has 2 bridgehead atoms. The topological polar surface area (TPSA) is 17.1 Å². The van der Waals surface area contributed by atoms with Gasteiger partial charge in [0.05, 0.1) is 0 Å². The predicted molar refractivity (Wildman–Crippen MR) is 39.6 cm³/mol. The van der Waals surface area contributed by atoms with Gasteiger partial charge in [-0.05, 0) is 18.3 Å². The van der Waals surface area contributed by atoms with E-state index in [-0.39, 0.29) is 11.3 Å². The minimum absolute atomic E-state index is 0.228. The van der Waals surface area contributed by atoms with Gasteiger partial charge in [0.1, 0.15) is 5.78 Å². The lowest BCUT2D eigenvalue weighted by atomic mass is 9.66. The van der Waals surface area contributed by atoms with Crippen LogP contribution in [-0.4, -0.2) is 5.78 Å². The Labute approximate surface area is 61.1 Å². The molecule has 1 heteroatoms. The zero-order valence-electron chi connectivity index (χ0n) is 6.26. The molecule has 10 heavy (non-hydrogen) atoms. The van der Waals surface area contributed by atoms with Crippen LogP contribution in [0.2, 0.25) is 0 Å². The van der Waals surface area contributed by atoms with Crippen LogP contribution >= 0.6 is 0 Å². The van der Waals surface area contributed by atoms with Crippen molar-refractivity contribution >= 4 is 5.78 Å². The fourth-order valence-corrected chi connectivity index (χ4v) is 1.96. The van der Waals surface area contributed by atoms with E-state index >= 15 is 0 Å². The molecular weight excluding hydrogens is 124 g/mol. The third-order valence-corrected chi connectivity index (χ3v) is 2.75. The number of hydrogen-bond donors (Lipinski definition) is 0. The van der Waals surface area contributed by atoms with E-state index in [1.165, 1.54) is 6.42 Å². The summed E-state index contributed by atoms with van der Waals surface area (Å²) in [7, 11) is 0. The molecule has 1 nitrogen and oxygen atoms in total. The van der Waals surface area contributed by atoms with Crippen LogP contribution in [0.15, 0.2) is 12.2 Å². The fourth-order valence-electron chi connectivity index (χ4n) is 1.96. The Bertz CT molecular complexity index is 205. The van der Waals surface area contributed by atoms with Crippen LogP contribution in [0, 0.1) is 11.3 Å². The monoisotopic (exact) mass is 136 g/mol. The number of hydrogen-bond acceptors (Lipinski definition) is 1. The fraction of sp³-hybridized carbons (Fsp3) is 0.667. The molecule has 3 aliphatic carbocycles. The van der Waals surface area contributed by atoms with E-state index in [0.717, 1.165) is 12.8 Å². The molecule has 0 aliphatic heterocycles. The lowest BCUT2D eigenvalue weighted by Gasteiger charge is -2.37. The van der Waals surface area contributed by atoms with Gasteiger partial charge in [-0.1, -0.05) is 19.1 Å². The second-order valence-electron chi connectivity index (χ2n) is 3.80. The van der Waals surface area contributed by atoms with Gasteiger partial charge in [0, 0.05) is 12.3 Å². The number of Topliss-reactive ketones (excluding diaryl/α,β-unsaturated/α-hetero) is 1. The molecule has 0 heterocycles. The molecule has 0 aromatic carbocycles. The van der Waals surface area contributed by atoms with Gasteiger partial charge in [-0.3, -0.25) is 4.79 Å². The first-order valence-electron chi connectivity index (χ1n) is 3.92. The molecule has 0 radical (unpaired) electrons. The summed E-state index contributed by atoms with van der Waals surface area (Å²) in [6.45, 7) is 2.18. The summed E-state index contributed by atoms with van der Waals surface area (Å²) >= 11 is 0. The van der Waals surface area contributed by atoms with Crippen molar-refractivity contribution in [3.63, 3.8) is 0 Å². The molecule has 1 fully saturated rings. The summed E-state index contributed by atoms with van der Waals surface area (Å²) in [6.07, 6.45) is 7.40. The Morgan fingerprint density at radius 3 is 2.80 bits per heavy atom. The van der Waals surface area contributed by atoms with Crippen molar-refractivity contribution in [2.75, 3.05) is 0 Å². The molecule has 2 unspecified atom stereocenters. The zero-order valence-corrected chi connectivity index (χ0v) is 6.26. The van der Waals surface area contributed by atoms with Crippen molar-refractivity contribution in [3.05, 3.63) is 12.2 Å². The SMILES string of the molecule is CC12C=CC(CC1)C(=O)C2. The largest absolute Gasteiger partial charge is 0.299 e. The second-order valence-corrected chi connectivity index (χ2v) is 3.80. The minimum Gasteiger partial charge on any atom is -0.299 e. The number of allylic oxidation sites excluding steroid dienone is 2. The standard InChI is InChI=1S/C9H12O/c1-9-4-2-7(3-5-9)8(10)6-9/h2,4,7H,3,5-6H2,1H3. The molecule has 3 aliphatic rings. The van der Waals surface area contributed by atoms with Crippen LogP contribution < -0.4 is 0 Å². The first-order valence-corrected chi connectivity index (χ1v) is 3.92. The maximum absolute atomic E-state index is 11.2. The van der Waals surface area contributed by atoms with Gasteiger partial charge in [0.15, 0.2) is 0 Å². The number of fused-ring (bicyclic) bond motifs is 2. The predicted octanol–water partition coefficient (Wildman–Crippen LogP) is 1.93. The van der Waals surface area contributed by atoms with Gasteiger partial charge in [0.25, 0.3) is 0 Å². The van der Waals surface area contributed by atoms with E-state index < -0.39 is 0 Å². The first-order chi connectivity index (χ1) is 4.70. The Hall–Kier alpha value is -0.590. The quantitative estimate of drug-likeness (QED) is 0.465. The summed E-state index contributed by atoms with van der Waals surface area (Å²) in [4.78, 5) is 11.2. The Balaban J connectivity index is 2.36. The normalized spacial score (nSPS) is 44.5. The van der Waals surface area contributed by atoms with Crippen LogP contribution in [0.5, 0.6) is 0 Å². The van der Waals surface area contributed by atoms with Gasteiger partial charge in [-0.15, -0.1) is 0 Å².